The summed E-state index contributed by atoms with van der Waals surface area (Å²) in [6.45, 7) is -0.792. The number of rotatable bonds is 3. The van der Waals surface area contributed by atoms with Crippen molar-refractivity contribution in [3.63, 3.8) is 0 Å². The fourth-order valence-corrected chi connectivity index (χ4v) is 1.57. The second-order valence-corrected chi connectivity index (χ2v) is 4.50. The molecule has 1 saturated heterocycles. The van der Waals surface area contributed by atoms with Gasteiger partial charge in [0.15, 0.2) is 6.29 Å². The van der Waals surface area contributed by atoms with E-state index in [0.29, 0.717) is 0 Å². The molecule has 0 aromatic carbocycles. The Kier molecular flexibility index (Phi) is 4.41. The van der Waals surface area contributed by atoms with E-state index in [9.17, 15) is 19.7 Å². The van der Waals surface area contributed by atoms with Crippen LogP contribution < -0.4 is 4.89 Å². The van der Waals surface area contributed by atoms with E-state index in [4.69, 9.17) is 15.1 Å². The fraction of sp³-hybridized carbons (Fsp3) is 1.00. The zero-order valence-electron chi connectivity index (χ0n) is 7.91. The standard InChI is InChI=1S/C6H13O9P/c7-3-2(1-14-16(11,12)13)15-6(10)5(9)4(3)8/h2-10H,1H2,(H2,11,12,13)/p-1/t2?,3-,4+,5?,6+/m1/s1. The van der Waals surface area contributed by atoms with Gasteiger partial charge < -0.3 is 39.5 Å². The smallest absolute Gasteiger partial charge is 0.265 e. The van der Waals surface area contributed by atoms with E-state index in [1.54, 1.807) is 0 Å². The van der Waals surface area contributed by atoms with Gasteiger partial charge in [-0.15, -0.1) is 0 Å². The van der Waals surface area contributed by atoms with Crippen LogP contribution in [0, 0.1) is 0 Å². The molecule has 1 aliphatic rings. The first kappa shape index (κ1) is 14.0. The molecule has 0 bridgehead atoms. The maximum Gasteiger partial charge on any atom is 0.265 e. The third-order valence-electron chi connectivity index (χ3n) is 2.09. The topological polar surface area (TPSA) is 160 Å². The summed E-state index contributed by atoms with van der Waals surface area (Å²) in [5, 5.41) is 36.7. The Morgan fingerprint density at radius 1 is 1.19 bits per heavy atom. The summed E-state index contributed by atoms with van der Waals surface area (Å²) in [6.07, 6.45) is -8.23. The van der Waals surface area contributed by atoms with Gasteiger partial charge in [0.2, 0.25) is 0 Å². The third-order valence-corrected chi connectivity index (χ3v) is 2.56. The lowest BCUT2D eigenvalue weighted by Gasteiger charge is -2.38. The molecule has 16 heavy (non-hydrogen) atoms. The lowest BCUT2D eigenvalue weighted by Crippen LogP contribution is -2.58. The predicted octanol–water partition coefficient (Wildman–Crippen LogP) is -3.74. The van der Waals surface area contributed by atoms with E-state index in [1.165, 1.54) is 0 Å². The molecule has 3 unspecified atom stereocenters. The summed E-state index contributed by atoms with van der Waals surface area (Å²) >= 11 is 0. The molecule has 10 heteroatoms. The normalized spacial score (nSPS) is 44.0. The number of hydrogen-bond acceptors (Lipinski definition) is 8. The minimum Gasteiger partial charge on any atom is -0.756 e. The van der Waals surface area contributed by atoms with Gasteiger partial charge in [-0.1, -0.05) is 0 Å². The lowest BCUT2D eigenvalue weighted by atomic mass is 10.00. The van der Waals surface area contributed by atoms with Crippen molar-refractivity contribution < 1.29 is 44.0 Å². The van der Waals surface area contributed by atoms with E-state index in [1.807, 2.05) is 0 Å². The SMILES string of the molecule is O=P([O-])(O)OCC1O[C@H](O)C(O)[C@@H](O)[C@@H]1O. The third kappa shape index (κ3) is 3.45. The van der Waals surface area contributed by atoms with Crippen LogP contribution in [0.3, 0.4) is 0 Å². The molecule has 0 radical (unpaired) electrons. The molecular weight excluding hydrogens is 247 g/mol. The number of aliphatic hydroxyl groups excluding tert-OH is 4. The molecule has 0 saturated carbocycles. The highest BCUT2D eigenvalue weighted by molar-refractivity contribution is 7.44. The fourth-order valence-electron chi connectivity index (χ4n) is 1.24. The number of hydrogen-bond donors (Lipinski definition) is 5. The van der Waals surface area contributed by atoms with E-state index < -0.39 is 45.1 Å². The second kappa shape index (κ2) is 5.05. The van der Waals surface area contributed by atoms with Crippen molar-refractivity contribution in [3.05, 3.63) is 0 Å². The van der Waals surface area contributed by atoms with Crippen molar-refractivity contribution in [2.75, 3.05) is 6.61 Å². The summed E-state index contributed by atoms with van der Waals surface area (Å²) in [5.41, 5.74) is 0. The first-order valence-corrected chi connectivity index (χ1v) is 5.78. The molecule has 6 atom stereocenters. The van der Waals surface area contributed by atoms with Crippen molar-refractivity contribution in [2.24, 2.45) is 0 Å². The van der Waals surface area contributed by atoms with Crippen LogP contribution in [0.1, 0.15) is 0 Å². The van der Waals surface area contributed by atoms with Crippen LogP contribution in [0.25, 0.3) is 0 Å². The zero-order chi connectivity index (χ0) is 12.5. The summed E-state index contributed by atoms with van der Waals surface area (Å²) in [5.74, 6) is 0. The minimum absolute atomic E-state index is 0.792. The lowest BCUT2D eigenvalue weighted by molar-refractivity contribution is -0.289. The van der Waals surface area contributed by atoms with Crippen molar-refractivity contribution in [3.8, 4) is 0 Å². The van der Waals surface area contributed by atoms with Crippen LogP contribution >= 0.6 is 7.82 Å². The van der Waals surface area contributed by atoms with Gasteiger partial charge in [0.1, 0.15) is 24.4 Å². The van der Waals surface area contributed by atoms with Crippen molar-refractivity contribution >= 4 is 7.82 Å². The summed E-state index contributed by atoms with van der Waals surface area (Å²) < 4.78 is 18.8. The van der Waals surface area contributed by atoms with E-state index >= 15 is 0 Å². The Morgan fingerprint density at radius 3 is 2.25 bits per heavy atom. The Balaban J connectivity index is 2.57. The summed E-state index contributed by atoms with van der Waals surface area (Å²) in [7, 11) is -4.98. The van der Waals surface area contributed by atoms with Crippen molar-refractivity contribution in [2.45, 2.75) is 30.7 Å². The van der Waals surface area contributed by atoms with Gasteiger partial charge in [0.05, 0.1) is 6.61 Å². The highest BCUT2D eigenvalue weighted by atomic mass is 31.2. The molecule has 5 N–H and O–H groups in total. The Bertz CT molecular complexity index is 277. The highest BCUT2D eigenvalue weighted by Crippen LogP contribution is 2.32. The number of phosphoric acid groups is 1. The average molecular weight is 259 g/mol. The molecule has 1 heterocycles. The Morgan fingerprint density at radius 2 is 1.75 bits per heavy atom. The number of aliphatic hydroxyl groups is 4. The molecule has 0 amide bonds. The van der Waals surface area contributed by atoms with Gasteiger partial charge >= 0.3 is 0 Å². The molecule has 0 spiro atoms. The van der Waals surface area contributed by atoms with Gasteiger partial charge in [0.25, 0.3) is 7.82 Å². The maximum atomic E-state index is 10.3. The van der Waals surface area contributed by atoms with E-state index in [0.717, 1.165) is 0 Å². The summed E-state index contributed by atoms with van der Waals surface area (Å²) in [4.78, 5) is 18.5. The van der Waals surface area contributed by atoms with Gasteiger partial charge in [-0.3, -0.25) is 4.57 Å². The monoisotopic (exact) mass is 259 g/mol. The van der Waals surface area contributed by atoms with Gasteiger partial charge in [-0.2, -0.15) is 0 Å². The molecule has 0 aromatic rings. The molecule has 0 aliphatic carbocycles. The van der Waals surface area contributed by atoms with Crippen LogP contribution in [0.15, 0.2) is 0 Å². The van der Waals surface area contributed by atoms with Crippen LogP contribution in [0.2, 0.25) is 0 Å². The van der Waals surface area contributed by atoms with Crippen LogP contribution in [-0.4, -0.2) is 62.6 Å². The largest absolute Gasteiger partial charge is 0.756 e. The molecule has 1 fully saturated rings. The molecule has 0 aromatic heterocycles. The van der Waals surface area contributed by atoms with Gasteiger partial charge in [-0.25, -0.2) is 0 Å². The van der Waals surface area contributed by atoms with E-state index in [-0.39, 0.29) is 0 Å². The maximum absolute atomic E-state index is 10.3. The van der Waals surface area contributed by atoms with Crippen molar-refractivity contribution in [1.29, 1.82) is 0 Å². The zero-order valence-corrected chi connectivity index (χ0v) is 8.80. The van der Waals surface area contributed by atoms with Gasteiger partial charge in [-0.05, 0) is 0 Å². The first-order chi connectivity index (χ1) is 7.22. The minimum atomic E-state index is -4.98. The number of ether oxygens (including phenoxy) is 1. The molecule has 1 rings (SSSR count). The molecule has 1 aliphatic heterocycles. The Labute approximate surface area is 90.1 Å². The second-order valence-electron chi connectivity index (χ2n) is 3.30. The first-order valence-electron chi connectivity index (χ1n) is 4.28. The molecular formula is C6H12O9P-. The highest BCUT2D eigenvalue weighted by Gasteiger charge is 2.43. The van der Waals surface area contributed by atoms with E-state index in [2.05, 4.69) is 9.26 Å². The average Bonchev–Trinajstić information content (AvgIpc) is 2.17. The predicted molar refractivity (Wildman–Crippen MR) is 44.7 cm³/mol. The Hall–Kier alpha value is -0.0900. The van der Waals surface area contributed by atoms with Crippen LogP contribution in [0.4, 0.5) is 0 Å². The summed E-state index contributed by atoms with van der Waals surface area (Å²) in [6, 6.07) is 0. The van der Waals surface area contributed by atoms with Crippen LogP contribution in [0.5, 0.6) is 0 Å². The molecule has 96 valence electrons. The van der Waals surface area contributed by atoms with Gasteiger partial charge in [0, 0.05) is 0 Å². The quantitative estimate of drug-likeness (QED) is 0.321. The number of phosphoric ester groups is 1. The van der Waals surface area contributed by atoms with Crippen molar-refractivity contribution in [1.82, 2.24) is 0 Å². The van der Waals surface area contributed by atoms with Crippen LogP contribution in [-0.2, 0) is 13.8 Å². The molecule has 9 nitrogen and oxygen atoms in total.